The van der Waals surface area contributed by atoms with Crippen LogP contribution >= 0.6 is 0 Å². The Kier molecular flexibility index (Phi) is 4.26. The topological polar surface area (TPSA) is 50.9 Å². The second kappa shape index (κ2) is 5.54. The molecular formula is C10H17N3. The van der Waals surface area contributed by atoms with Crippen LogP contribution in [0.4, 0.5) is 5.82 Å². The summed E-state index contributed by atoms with van der Waals surface area (Å²) >= 11 is 0. The third-order valence-electron chi connectivity index (χ3n) is 1.92. The molecule has 0 fully saturated rings. The summed E-state index contributed by atoms with van der Waals surface area (Å²) in [6, 6.07) is 3.89. The van der Waals surface area contributed by atoms with Gasteiger partial charge >= 0.3 is 0 Å². The van der Waals surface area contributed by atoms with E-state index in [0.717, 1.165) is 25.9 Å². The van der Waals surface area contributed by atoms with E-state index in [2.05, 4.69) is 17.2 Å². The molecular weight excluding hydrogens is 162 g/mol. The Morgan fingerprint density at radius 3 is 2.92 bits per heavy atom. The zero-order chi connectivity index (χ0) is 9.52. The molecule has 1 heterocycles. The predicted molar refractivity (Wildman–Crippen MR) is 55.5 cm³/mol. The second-order valence-corrected chi connectivity index (χ2v) is 3.05. The number of nitrogens with two attached hydrogens (primary N) is 1. The van der Waals surface area contributed by atoms with Crippen molar-refractivity contribution in [3.63, 3.8) is 0 Å². The highest BCUT2D eigenvalue weighted by Crippen LogP contribution is 2.03. The average molecular weight is 179 g/mol. The molecule has 3 heteroatoms. The Bertz CT molecular complexity index is 230. The first-order chi connectivity index (χ1) is 6.33. The molecule has 0 radical (unpaired) electrons. The number of hydrogen-bond donors (Lipinski definition) is 2. The lowest BCUT2D eigenvalue weighted by atomic mass is 10.1. The van der Waals surface area contributed by atoms with Crippen LogP contribution in [0.25, 0.3) is 0 Å². The van der Waals surface area contributed by atoms with E-state index in [0.29, 0.717) is 5.82 Å². The normalized spacial score (nSPS) is 10.2. The molecule has 0 spiro atoms. The number of aromatic nitrogens is 1. The van der Waals surface area contributed by atoms with Gasteiger partial charge in [0.25, 0.3) is 0 Å². The van der Waals surface area contributed by atoms with Crippen LogP contribution in [-0.4, -0.2) is 18.1 Å². The molecule has 0 aliphatic rings. The Morgan fingerprint density at radius 2 is 2.31 bits per heavy atom. The highest BCUT2D eigenvalue weighted by Gasteiger charge is 1.93. The van der Waals surface area contributed by atoms with Gasteiger partial charge in [0.15, 0.2) is 0 Å². The van der Waals surface area contributed by atoms with Gasteiger partial charge in [-0.1, -0.05) is 13.0 Å². The van der Waals surface area contributed by atoms with Crippen molar-refractivity contribution >= 4 is 5.82 Å². The zero-order valence-corrected chi connectivity index (χ0v) is 8.09. The SMILES string of the molecule is CCNCCCc1ccc(N)nc1. The molecule has 0 saturated carbocycles. The van der Waals surface area contributed by atoms with Gasteiger partial charge in [0.05, 0.1) is 0 Å². The van der Waals surface area contributed by atoms with Crippen LogP contribution in [0.3, 0.4) is 0 Å². The Labute approximate surface area is 79.4 Å². The molecule has 0 unspecified atom stereocenters. The minimum Gasteiger partial charge on any atom is -0.384 e. The molecule has 1 aromatic heterocycles. The highest BCUT2D eigenvalue weighted by atomic mass is 14.8. The number of hydrogen-bond acceptors (Lipinski definition) is 3. The molecule has 0 bridgehead atoms. The fourth-order valence-electron chi connectivity index (χ4n) is 1.18. The lowest BCUT2D eigenvalue weighted by molar-refractivity contribution is 0.672. The summed E-state index contributed by atoms with van der Waals surface area (Å²) in [5, 5.41) is 3.28. The van der Waals surface area contributed by atoms with Gasteiger partial charge in [-0.05, 0) is 37.6 Å². The van der Waals surface area contributed by atoms with Crippen molar-refractivity contribution in [3.05, 3.63) is 23.9 Å². The first-order valence-electron chi connectivity index (χ1n) is 4.74. The molecule has 72 valence electrons. The van der Waals surface area contributed by atoms with Gasteiger partial charge in [0.2, 0.25) is 0 Å². The quantitative estimate of drug-likeness (QED) is 0.668. The average Bonchev–Trinajstić information content (AvgIpc) is 2.15. The molecule has 0 saturated heterocycles. The van der Waals surface area contributed by atoms with E-state index in [9.17, 15) is 0 Å². The van der Waals surface area contributed by atoms with Crippen molar-refractivity contribution in [2.24, 2.45) is 0 Å². The third-order valence-corrected chi connectivity index (χ3v) is 1.92. The molecule has 0 amide bonds. The van der Waals surface area contributed by atoms with E-state index in [1.807, 2.05) is 18.3 Å². The van der Waals surface area contributed by atoms with E-state index < -0.39 is 0 Å². The van der Waals surface area contributed by atoms with E-state index in [4.69, 9.17) is 5.73 Å². The summed E-state index contributed by atoms with van der Waals surface area (Å²) in [4.78, 5) is 4.04. The number of aryl methyl sites for hydroxylation is 1. The standard InChI is InChI=1S/C10H17N3/c1-2-12-7-3-4-9-5-6-10(11)13-8-9/h5-6,8,12H,2-4,7H2,1H3,(H2,11,13). The molecule has 0 aliphatic heterocycles. The fourth-order valence-corrected chi connectivity index (χ4v) is 1.18. The minimum atomic E-state index is 0.593. The van der Waals surface area contributed by atoms with Crippen molar-refractivity contribution in [3.8, 4) is 0 Å². The van der Waals surface area contributed by atoms with Gasteiger partial charge < -0.3 is 11.1 Å². The molecule has 1 aromatic rings. The van der Waals surface area contributed by atoms with Gasteiger partial charge in [-0.3, -0.25) is 0 Å². The molecule has 0 aromatic carbocycles. The van der Waals surface area contributed by atoms with Crippen molar-refractivity contribution < 1.29 is 0 Å². The maximum Gasteiger partial charge on any atom is 0.123 e. The summed E-state index contributed by atoms with van der Waals surface area (Å²) in [5.74, 6) is 0.593. The van der Waals surface area contributed by atoms with Gasteiger partial charge in [0.1, 0.15) is 5.82 Å². The second-order valence-electron chi connectivity index (χ2n) is 3.05. The van der Waals surface area contributed by atoms with E-state index >= 15 is 0 Å². The lowest BCUT2D eigenvalue weighted by Gasteiger charge is -2.01. The number of nitrogens with one attached hydrogen (secondary N) is 1. The molecule has 0 aliphatic carbocycles. The van der Waals surface area contributed by atoms with Crippen LogP contribution in [0.5, 0.6) is 0 Å². The summed E-state index contributed by atoms with van der Waals surface area (Å²) in [5.41, 5.74) is 6.74. The minimum absolute atomic E-state index is 0.593. The van der Waals surface area contributed by atoms with Crippen molar-refractivity contribution in [2.45, 2.75) is 19.8 Å². The first kappa shape index (κ1) is 9.99. The number of nitrogen functional groups attached to an aromatic ring is 1. The summed E-state index contributed by atoms with van der Waals surface area (Å²) in [6.45, 7) is 4.23. The smallest absolute Gasteiger partial charge is 0.123 e. The fraction of sp³-hybridized carbons (Fsp3) is 0.500. The van der Waals surface area contributed by atoms with E-state index in [-0.39, 0.29) is 0 Å². The van der Waals surface area contributed by atoms with Crippen LogP contribution in [0.2, 0.25) is 0 Å². The predicted octanol–water partition coefficient (Wildman–Crippen LogP) is 1.21. The van der Waals surface area contributed by atoms with Crippen LogP contribution in [0.15, 0.2) is 18.3 Å². The van der Waals surface area contributed by atoms with Gasteiger partial charge in [-0.25, -0.2) is 4.98 Å². The largest absolute Gasteiger partial charge is 0.384 e. The van der Waals surface area contributed by atoms with Gasteiger partial charge in [0, 0.05) is 6.20 Å². The number of nitrogens with zero attached hydrogens (tertiary/aromatic N) is 1. The summed E-state index contributed by atoms with van der Waals surface area (Å²) < 4.78 is 0. The van der Waals surface area contributed by atoms with Crippen LogP contribution in [0, 0.1) is 0 Å². The van der Waals surface area contributed by atoms with Crippen molar-refractivity contribution in [2.75, 3.05) is 18.8 Å². The Balaban J connectivity index is 2.25. The molecule has 13 heavy (non-hydrogen) atoms. The van der Waals surface area contributed by atoms with Crippen LogP contribution < -0.4 is 11.1 Å². The summed E-state index contributed by atoms with van der Waals surface area (Å²) in [6.07, 6.45) is 4.07. The molecule has 1 rings (SSSR count). The van der Waals surface area contributed by atoms with Gasteiger partial charge in [-0.15, -0.1) is 0 Å². The van der Waals surface area contributed by atoms with Crippen LogP contribution in [0.1, 0.15) is 18.9 Å². The maximum atomic E-state index is 5.48. The Morgan fingerprint density at radius 1 is 1.46 bits per heavy atom. The van der Waals surface area contributed by atoms with Crippen molar-refractivity contribution in [1.29, 1.82) is 0 Å². The lowest BCUT2D eigenvalue weighted by Crippen LogP contribution is -2.14. The Hall–Kier alpha value is -1.09. The number of pyridine rings is 1. The third kappa shape index (κ3) is 3.90. The molecule has 0 atom stereocenters. The maximum absolute atomic E-state index is 5.48. The van der Waals surface area contributed by atoms with Gasteiger partial charge in [-0.2, -0.15) is 0 Å². The van der Waals surface area contributed by atoms with E-state index in [1.165, 1.54) is 5.56 Å². The zero-order valence-electron chi connectivity index (χ0n) is 8.09. The number of anilines is 1. The molecule has 3 nitrogen and oxygen atoms in total. The molecule has 3 N–H and O–H groups in total. The first-order valence-corrected chi connectivity index (χ1v) is 4.74. The van der Waals surface area contributed by atoms with Crippen molar-refractivity contribution in [1.82, 2.24) is 10.3 Å². The van der Waals surface area contributed by atoms with E-state index in [1.54, 1.807) is 0 Å². The number of rotatable bonds is 5. The summed E-state index contributed by atoms with van der Waals surface area (Å²) in [7, 11) is 0. The van der Waals surface area contributed by atoms with Crippen LogP contribution in [-0.2, 0) is 6.42 Å². The highest BCUT2D eigenvalue weighted by molar-refractivity contribution is 5.29. The monoisotopic (exact) mass is 179 g/mol.